The predicted octanol–water partition coefficient (Wildman–Crippen LogP) is 1.74. The number of likely N-dealkylation sites (N-methyl/N-ethyl adjacent to an activating group) is 1. The number of piperidine rings is 1. The van der Waals surface area contributed by atoms with Crippen LogP contribution in [0.5, 0.6) is 0 Å². The molecule has 0 bridgehead atoms. The van der Waals surface area contributed by atoms with Gasteiger partial charge < -0.3 is 10.6 Å². The number of carbonyl (C=O) groups is 1. The average molecular weight is 298 g/mol. The molecule has 1 atom stereocenters. The van der Waals surface area contributed by atoms with Crippen LogP contribution in [0.15, 0.2) is 30.3 Å². The highest BCUT2D eigenvalue weighted by molar-refractivity contribution is 5.94. The number of likely N-dealkylation sites (tertiary alicyclic amines) is 1. The van der Waals surface area contributed by atoms with Gasteiger partial charge in [-0.15, -0.1) is 12.4 Å². The minimum absolute atomic E-state index is 0. The fourth-order valence-electron chi connectivity index (χ4n) is 2.58. The second-order valence-electron chi connectivity index (χ2n) is 5.27. The zero-order chi connectivity index (χ0) is 13.7. The molecule has 1 aliphatic rings. The third-order valence-corrected chi connectivity index (χ3v) is 3.81. The number of nitrogens with zero attached hydrogens (tertiary/aromatic N) is 2. The molecule has 1 aliphatic heterocycles. The summed E-state index contributed by atoms with van der Waals surface area (Å²) < 4.78 is 0. The number of para-hydroxylation sites is 1. The van der Waals surface area contributed by atoms with Crippen molar-refractivity contribution in [1.82, 2.24) is 4.90 Å². The Balaban J connectivity index is 0.00000200. The van der Waals surface area contributed by atoms with Crippen LogP contribution in [0.3, 0.4) is 0 Å². The topological polar surface area (TPSA) is 49.6 Å². The van der Waals surface area contributed by atoms with E-state index in [0.29, 0.717) is 12.5 Å². The largest absolute Gasteiger partial charge is 0.330 e. The number of amides is 1. The van der Waals surface area contributed by atoms with Gasteiger partial charge in [-0.25, -0.2) is 0 Å². The van der Waals surface area contributed by atoms with Gasteiger partial charge in [0.25, 0.3) is 0 Å². The third-order valence-electron chi connectivity index (χ3n) is 3.81. The van der Waals surface area contributed by atoms with Gasteiger partial charge >= 0.3 is 0 Å². The first kappa shape index (κ1) is 17.0. The summed E-state index contributed by atoms with van der Waals surface area (Å²) in [4.78, 5) is 16.2. The minimum atomic E-state index is 0. The van der Waals surface area contributed by atoms with E-state index in [9.17, 15) is 4.79 Å². The quantitative estimate of drug-likeness (QED) is 0.921. The summed E-state index contributed by atoms with van der Waals surface area (Å²) in [5.74, 6) is 0.687. The lowest BCUT2D eigenvalue weighted by Gasteiger charge is -2.32. The molecular weight excluding hydrogens is 274 g/mol. The fourth-order valence-corrected chi connectivity index (χ4v) is 2.58. The van der Waals surface area contributed by atoms with Crippen LogP contribution in [0.2, 0.25) is 0 Å². The number of benzene rings is 1. The summed E-state index contributed by atoms with van der Waals surface area (Å²) in [7, 11) is 1.84. The monoisotopic (exact) mass is 297 g/mol. The van der Waals surface area contributed by atoms with Crippen LogP contribution in [0.4, 0.5) is 5.69 Å². The molecule has 1 amide bonds. The van der Waals surface area contributed by atoms with Crippen molar-refractivity contribution in [3.05, 3.63) is 30.3 Å². The Morgan fingerprint density at radius 3 is 2.75 bits per heavy atom. The van der Waals surface area contributed by atoms with Crippen LogP contribution >= 0.6 is 12.4 Å². The maximum atomic E-state index is 12.3. The number of anilines is 1. The molecule has 1 aromatic carbocycles. The van der Waals surface area contributed by atoms with Crippen molar-refractivity contribution < 1.29 is 4.79 Å². The Bertz CT molecular complexity index is 413. The van der Waals surface area contributed by atoms with Gasteiger partial charge in [0.05, 0.1) is 6.54 Å². The summed E-state index contributed by atoms with van der Waals surface area (Å²) in [6.45, 7) is 3.16. The molecule has 2 rings (SSSR count). The number of hydrogen-bond acceptors (Lipinski definition) is 3. The smallest absolute Gasteiger partial charge is 0.240 e. The highest BCUT2D eigenvalue weighted by atomic mass is 35.5. The molecule has 112 valence electrons. The van der Waals surface area contributed by atoms with E-state index < -0.39 is 0 Å². The fraction of sp³-hybridized carbons (Fsp3) is 0.533. The molecule has 0 aromatic heterocycles. The Hall–Kier alpha value is -1.10. The van der Waals surface area contributed by atoms with E-state index in [1.54, 1.807) is 4.90 Å². The van der Waals surface area contributed by atoms with E-state index in [0.717, 1.165) is 31.7 Å². The van der Waals surface area contributed by atoms with Crippen molar-refractivity contribution in [1.29, 1.82) is 0 Å². The van der Waals surface area contributed by atoms with Gasteiger partial charge in [0.1, 0.15) is 0 Å². The normalized spacial score (nSPS) is 19.2. The molecule has 0 aliphatic carbocycles. The Morgan fingerprint density at radius 1 is 1.40 bits per heavy atom. The second kappa shape index (κ2) is 8.25. The van der Waals surface area contributed by atoms with Crippen molar-refractivity contribution >= 4 is 24.0 Å². The predicted molar refractivity (Wildman–Crippen MR) is 85.3 cm³/mol. The van der Waals surface area contributed by atoms with E-state index in [1.807, 2.05) is 37.4 Å². The number of hydrogen-bond donors (Lipinski definition) is 1. The summed E-state index contributed by atoms with van der Waals surface area (Å²) in [6, 6.07) is 9.76. The molecule has 2 N–H and O–H groups in total. The van der Waals surface area contributed by atoms with Gasteiger partial charge in [-0.05, 0) is 44.0 Å². The van der Waals surface area contributed by atoms with Gasteiger partial charge in [-0.2, -0.15) is 0 Å². The van der Waals surface area contributed by atoms with Crippen molar-refractivity contribution in [3.8, 4) is 0 Å². The minimum Gasteiger partial charge on any atom is -0.330 e. The lowest BCUT2D eigenvalue weighted by Crippen LogP contribution is -2.44. The molecule has 1 unspecified atom stereocenters. The number of halogens is 1. The first-order chi connectivity index (χ1) is 9.20. The van der Waals surface area contributed by atoms with Crippen LogP contribution in [0.1, 0.15) is 12.8 Å². The van der Waals surface area contributed by atoms with E-state index >= 15 is 0 Å². The van der Waals surface area contributed by atoms with Crippen LogP contribution < -0.4 is 10.6 Å². The average Bonchev–Trinajstić information content (AvgIpc) is 2.47. The molecule has 4 nitrogen and oxygen atoms in total. The van der Waals surface area contributed by atoms with E-state index in [1.165, 1.54) is 6.42 Å². The molecule has 0 spiro atoms. The molecule has 0 saturated carbocycles. The first-order valence-corrected chi connectivity index (χ1v) is 6.94. The first-order valence-electron chi connectivity index (χ1n) is 6.94. The molecule has 20 heavy (non-hydrogen) atoms. The van der Waals surface area contributed by atoms with Gasteiger partial charge in [-0.3, -0.25) is 9.69 Å². The SMILES string of the molecule is CN(C(=O)CN1CCCC(CN)C1)c1ccccc1.Cl. The van der Waals surface area contributed by atoms with Crippen molar-refractivity contribution in [2.45, 2.75) is 12.8 Å². The van der Waals surface area contributed by atoms with Crippen molar-refractivity contribution in [2.75, 3.05) is 38.1 Å². The molecule has 5 heteroatoms. The highest BCUT2D eigenvalue weighted by Gasteiger charge is 2.22. The molecule has 1 heterocycles. The van der Waals surface area contributed by atoms with Crippen LogP contribution in [-0.4, -0.2) is 44.0 Å². The van der Waals surface area contributed by atoms with Gasteiger partial charge in [0, 0.05) is 19.3 Å². The highest BCUT2D eigenvalue weighted by Crippen LogP contribution is 2.16. The van der Waals surface area contributed by atoms with E-state index in [2.05, 4.69) is 4.90 Å². The third kappa shape index (κ3) is 4.47. The van der Waals surface area contributed by atoms with Gasteiger partial charge in [0.2, 0.25) is 5.91 Å². The maximum Gasteiger partial charge on any atom is 0.240 e. The molecule has 1 saturated heterocycles. The van der Waals surface area contributed by atoms with Gasteiger partial charge in [0.15, 0.2) is 0 Å². The van der Waals surface area contributed by atoms with E-state index in [4.69, 9.17) is 5.73 Å². The Labute approximate surface area is 127 Å². The number of nitrogens with two attached hydrogens (primary N) is 1. The summed E-state index contributed by atoms with van der Waals surface area (Å²) in [5.41, 5.74) is 6.67. The standard InChI is InChI=1S/C15H23N3O.ClH/c1-17(14-7-3-2-4-8-14)15(19)12-18-9-5-6-13(10-16)11-18;/h2-4,7-8,13H,5-6,9-12,16H2,1H3;1H. The molecular formula is C15H24ClN3O. The summed E-state index contributed by atoms with van der Waals surface area (Å²) >= 11 is 0. The van der Waals surface area contributed by atoms with Crippen LogP contribution in [0, 0.1) is 5.92 Å². The van der Waals surface area contributed by atoms with Crippen molar-refractivity contribution in [3.63, 3.8) is 0 Å². The Kier molecular flexibility index (Phi) is 6.99. The molecule has 1 aromatic rings. The van der Waals surface area contributed by atoms with Crippen molar-refractivity contribution in [2.24, 2.45) is 11.7 Å². The van der Waals surface area contributed by atoms with Crippen LogP contribution in [0.25, 0.3) is 0 Å². The van der Waals surface area contributed by atoms with Gasteiger partial charge in [-0.1, -0.05) is 18.2 Å². The zero-order valence-corrected chi connectivity index (χ0v) is 12.8. The summed E-state index contributed by atoms with van der Waals surface area (Å²) in [6.07, 6.45) is 2.33. The second-order valence-corrected chi connectivity index (χ2v) is 5.27. The lowest BCUT2D eigenvalue weighted by atomic mass is 9.98. The number of carbonyl (C=O) groups excluding carboxylic acids is 1. The maximum absolute atomic E-state index is 12.3. The Morgan fingerprint density at radius 2 is 2.10 bits per heavy atom. The molecule has 1 fully saturated rings. The van der Waals surface area contributed by atoms with E-state index in [-0.39, 0.29) is 18.3 Å². The summed E-state index contributed by atoms with van der Waals surface area (Å²) in [5, 5.41) is 0. The number of rotatable bonds is 4. The lowest BCUT2D eigenvalue weighted by molar-refractivity contribution is -0.119. The van der Waals surface area contributed by atoms with Crippen LogP contribution in [-0.2, 0) is 4.79 Å². The molecule has 0 radical (unpaired) electrons. The zero-order valence-electron chi connectivity index (χ0n) is 12.0.